The fourth-order valence-corrected chi connectivity index (χ4v) is 5.82. The number of halogens is 1. The Morgan fingerprint density at radius 2 is 1.63 bits per heavy atom. The number of allylic oxidation sites excluding steroid dienone is 2. The van der Waals surface area contributed by atoms with Crippen LogP contribution in [0.15, 0.2) is 29.8 Å². The van der Waals surface area contributed by atoms with Crippen LogP contribution in [0.4, 0.5) is 4.39 Å². The molecule has 1 saturated carbocycles. The number of hydrogen-bond acceptors (Lipinski definition) is 0. The highest BCUT2D eigenvalue weighted by Gasteiger charge is 2.28. The lowest BCUT2D eigenvalue weighted by atomic mass is 9.70. The van der Waals surface area contributed by atoms with Crippen LogP contribution in [0.5, 0.6) is 0 Å². The van der Waals surface area contributed by atoms with E-state index in [-0.39, 0.29) is 5.82 Å². The molecule has 0 spiro atoms. The number of hydrogen-bond donors (Lipinski definition) is 0. The summed E-state index contributed by atoms with van der Waals surface area (Å²) in [6, 6.07) is 5.96. The molecule has 1 atom stereocenters. The van der Waals surface area contributed by atoms with Crippen LogP contribution >= 0.6 is 0 Å². The molecule has 0 radical (unpaired) electrons. The highest BCUT2D eigenvalue weighted by atomic mass is 19.1. The first-order chi connectivity index (χ1) is 14.7. The molecule has 0 N–H and O–H groups in total. The van der Waals surface area contributed by atoms with Crippen LogP contribution in [-0.4, -0.2) is 0 Å². The summed E-state index contributed by atoms with van der Waals surface area (Å²) < 4.78 is 14.3. The topological polar surface area (TPSA) is 0 Å². The molecule has 1 unspecified atom stereocenters. The minimum atomic E-state index is 0.00364. The van der Waals surface area contributed by atoms with E-state index >= 15 is 0 Å². The van der Waals surface area contributed by atoms with Gasteiger partial charge in [0.05, 0.1) is 0 Å². The SMILES string of the molecule is CCCCC[C@H]1CC[C@H](C2CC=C(CCc3ccc(CCCC)c(F)c3)CC2)CC1. The van der Waals surface area contributed by atoms with Crippen molar-refractivity contribution >= 4 is 0 Å². The summed E-state index contributed by atoms with van der Waals surface area (Å²) in [5.74, 6) is 2.94. The molecular weight excluding hydrogens is 367 g/mol. The minimum Gasteiger partial charge on any atom is -0.207 e. The number of unbranched alkanes of at least 4 members (excludes halogenated alkanes) is 3. The van der Waals surface area contributed by atoms with Gasteiger partial charge in [-0.1, -0.05) is 82.6 Å². The third kappa shape index (κ3) is 7.24. The van der Waals surface area contributed by atoms with Gasteiger partial charge in [0.15, 0.2) is 0 Å². The highest BCUT2D eigenvalue weighted by Crippen LogP contribution is 2.41. The number of benzene rings is 1. The predicted molar refractivity (Wildman–Crippen MR) is 128 cm³/mol. The maximum atomic E-state index is 14.3. The van der Waals surface area contributed by atoms with E-state index in [9.17, 15) is 4.39 Å². The summed E-state index contributed by atoms with van der Waals surface area (Å²) in [5, 5.41) is 0. The first-order valence-electron chi connectivity index (χ1n) is 13.1. The van der Waals surface area contributed by atoms with Crippen LogP contribution in [0.3, 0.4) is 0 Å². The van der Waals surface area contributed by atoms with Gasteiger partial charge in [0, 0.05) is 0 Å². The third-order valence-corrected chi connectivity index (χ3v) is 7.97. The Morgan fingerprint density at radius 1 is 0.833 bits per heavy atom. The zero-order valence-electron chi connectivity index (χ0n) is 19.7. The molecule has 30 heavy (non-hydrogen) atoms. The molecule has 0 bridgehead atoms. The van der Waals surface area contributed by atoms with Crippen molar-refractivity contribution in [2.24, 2.45) is 17.8 Å². The molecule has 0 amide bonds. The summed E-state index contributed by atoms with van der Waals surface area (Å²) in [6.07, 6.45) is 23.3. The van der Waals surface area contributed by atoms with E-state index in [0.29, 0.717) is 0 Å². The minimum absolute atomic E-state index is 0.00364. The summed E-state index contributed by atoms with van der Waals surface area (Å²) >= 11 is 0. The van der Waals surface area contributed by atoms with E-state index in [2.05, 4.69) is 26.0 Å². The standard InChI is InChI=1S/C29H45F/c1-3-5-7-8-23-12-17-26(18-13-23)27-19-14-24(15-20-27)10-11-25-16-21-28(9-6-4-2)29(30)22-25/h14,16,21-23,26-27H,3-13,15,17-20H2,1-2H3/t23-,26-,27?. The Bertz CT molecular complexity index is 650. The first-order valence-corrected chi connectivity index (χ1v) is 13.1. The molecule has 1 heteroatoms. The third-order valence-electron chi connectivity index (χ3n) is 7.97. The predicted octanol–water partition coefficient (Wildman–Crippen LogP) is 9.21. The second-order valence-corrected chi connectivity index (χ2v) is 10.2. The van der Waals surface area contributed by atoms with E-state index in [4.69, 9.17) is 0 Å². The maximum absolute atomic E-state index is 14.3. The van der Waals surface area contributed by atoms with Crippen molar-refractivity contribution in [1.29, 1.82) is 0 Å². The van der Waals surface area contributed by atoms with E-state index in [1.54, 1.807) is 11.6 Å². The van der Waals surface area contributed by atoms with Crippen molar-refractivity contribution in [3.8, 4) is 0 Å². The molecule has 1 fully saturated rings. The molecule has 0 saturated heterocycles. The Labute approximate surface area is 185 Å². The van der Waals surface area contributed by atoms with Crippen molar-refractivity contribution in [3.05, 3.63) is 46.8 Å². The zero-order valence-corrected chi connectivity index (χ0v) is 19.7. The van der Waals surface area contributed by atoms with Crippen LogP contribution in [0, 0.1) is 23.6 Å². The molecule has 1 aromatic rings. The van der Waals surface area contributed by atoms with Crippen LogP contribution in [0.2, 0.25) is 0 Å². The second kappa shape index (κ2) is 12.7. The Hall–Kier alpha value is -1.11. The van der Waals surface area contributed by atoms with E-state index in [1.165, 1.54) is 70.6 Å². The van der Waals surface area contributed by atoms with Crippen molar-refractivity contribution in [3.63, 3.8) is 0 Å². The van der Waals surface area contributed by atoms with Crippen molar-refractivity contribution in [1.82, 2.24) is 0 Å². The molecular formula is C29H45F. The number of rotatable bonds is 11. The molecule has 2 aliphatic rings. The van der Waals surface area contributed by atoms with Gasteiger partial charge in [0.25, 0.3) is 0 Å². The normalized spacial score (nSPS) is 24.6. The first kappa shape index (κ1) is 23.6. The fraction of sp³-hybridized carbons (Fsp3) is 0.724. The average molecular weight is 413 g/mol. The van der Waals surface area contributed by atoms with Gasteiger partial charge in [0.2, 0.25) is 0 Å². The smallest absolute Gasteiger partial charge is 0.126 e. The quantitative estimate of drug-likeness (QED) is 0.251. The van der Waals surface area contributed by atoms with Crippen LogP contribution in [0.25, 0.3) is 0 Å². The molecule has 1 aromatic carbocycles. The molecule has 0 aliphatic heterocycles. The van der Waals surface area contributed by atoms with Gasteiger partial charge in [-0.25, -0.2) is 4.39 Å². The van der Waals surface area contributed by atoms with Gasteiger partial charge in [-0.15, -0.1) is 0 Å². The van der Waals surface area contributed by atoms with Gasteiger partial charge in [-0.05, 0) is 92.7 Å². The lowest BCUT2D eigenvalue weighted by molar-refractivity contribution is 0.185. The lowest BCUT2D eigenvalue weighted by Crippen LogP contribution is -2.23. The van der Waals surface area contributed by atoms with Gasteiger partial charge >= 0.3 is 0 Å². The van der Waals surface area contributed by atoms with E-state index in [0.717, 1.165) is 61.0 Å². The molecule has 168 valence electrons. The van der Waals surface area contributed by atoms with Crippen LogP contribution < -0.4 is 0 Å². The van der Waals surface area contributed by atoms with Crippen molar-refractivity contribution in [2.45, 2.75) is 117 Å². The molecule has 0 aromatic heterocycles. The molecule has 0 nitrogen and oxygen atoms in total. The largest absolute Gasteiger partial charge is 0.207 e. The average Bonchev–Trinajstić information content (AvgIpc) is 2.78. The van der Waals surface area contributed by atoms with Crippen LogP contribution in [-0.2, 0) is 12.8 Å². The maximum Gasteiger partial charge on any atom is 0.126 e. The fourth-order valence-electron chi connectivity index (χ4n) is 5.82. The van der Waals surface area contributed by atoms with E-state index in [1.807, 2.05) is 6.07 Å². The Kier molecular flexibility index (Phi) is 9.95. The second-order valence-electron chi connectivity index (χ2n) is 10.2. The summed E-state index contributed by atoms with van der Waals surface area (Å²) in [7, 11) is 0. The van der Waals surface area contributed by atoms with Gasteiger partial charge in [0.1, 0.15) is 5.82 Å². The monoisotopic (exact) mass is 412 g/mol. The Morgan fingerprint density at radius 3 is 2.30 bits per heavy atom. The van der Waals surface area contributed by atoms with Crippen molar-refractivity contribution < 1.29 is 4.39 Å². The molecule has 2 aliphatic carbocycles. The van der Waals surface area contributed by atoms with Gasteiger partial charge < -0.3 is 0 Å². The summed E-state index contributed by atoms with van der Waals surface area (Å²) in [5.41, 5.74) is 3.67. The molecule has 0 heterocycles. The summed E-state index contributed by atoms with van der Waals surface area (Å²) in [6.45, 7) is 4.47. The Balaban J connectivity index is 1.38. The van der Waals surface area contributed by atoms with Crippen molar-refractivity contribution in [2.75, 3.05) is 0 Å². The lowest BCUT2D eigenvalue weighted by Gasteiger charge is -2.35. The van der Waals surface area contributed by atoms with Crippen LogP contribution in [0.1, 0.15) is 115 Å². The van der Waals surface area contributed by atoms with Gasteiger partial charge in [-0.3, -0.25) is 0 Å². The number of aryl methyl sites for hydroxylation is 2. The van der Waals surface area contributed by atoms with Gasteiger partial charge in [-0.2, -0.15) is 0 Å². The zero-order chi connectivity index (χ0) is 21.2. The highest BCUT2D eigenvalue weighted by molar-refractivity contribution is 5.25. The molecule has 3 rings (SSSR count). The van der Waals surface area contributed by atoms with E-state index < -0.39 is 0 Å². The summed E-state index contributed by atoms with van der Waals surface area (Å²) in [4.78, 5) is 0.